The fourth-order valence-corrected chi connectivity index (χ4v) is 2.54. The summed E-state index contributed by atoms with van der Waals surface area (Å²) in [6.45, 7) is 8.19. The van der Waals surface area contributed by atoms with Crippen molar-refractivity contribution < 1.29 is 9.59 Å². The van der Waals surface area contributed by atoms with Crippen LogP contribution in [0.25, 0.3) is 0 Å². The van der Waals surface area contributed by atoms with E-state index in [0.29, 0.717) is 5.41 Å². The average molecular weight is 255 g/mol. The van der Waals surface area contributed by atoms with E-state index < -0.39 is 12.1 Å². The van der Waals surface area contributed by atoms with Gasteiger partial charge in [-0.3, -0.25) is 4.79 Å². The van der Waals surface area contributed by atoms with E-state index in [1.807, 2.05) is 13.8 Å². The molecule has 0 heterocycles. The fourth-order valence-electron chi connectivity index (χ4n) is 2.54. The second kappa shape index (κ2) is 5.59. The molecule has 3 amide bonds. The van der Waals surface area contributed by atoms with Gasteiger partial charge in [0.1, 0.15) is 6.04 Å². The van der Waals surface area contributed by atoms with E-state index in [2.05, 4.69) is 24.5 Å². The van der Waals surface area contributed by atoms with Crippen molar-refractivity contribution in [2.24, 2.45) is 17.1 Å². The average Bonchev–Trinajstić information content (AvgIpc) is 2.53. The first-order chi connectivity index (χ1) is 8.21. The van der Waals surface area contributed by atoms with E-state index in [4.69, 9.17) is 5.73 Å². The van der Waals surface area contributed by atoms with Crippen LogP contribution >= 0.6 is 0 Å². The van der Waals surface area contributed by atoms with Gasteiger partial charge in [-0.2, -0.15) is 0 Å². The molecule has 4 N–H and O–H groups in total. The molecule has 1 fully saturated rings. The Morgan fingerprint density at radius 3 is 2.33 bits per heavy atom. The van der Waals surface area contributed by atoms with Crippen LogP contribution in [0.15, 0.2) is 0 Å². The van der Waals surface area contributed by atoms with Crippen LogP contribution in [0, 0.1) is 11.3 Å². The van der Waals surface area contributed by atoms with Gasteiger partial charge in [-0.1, -0.05) is 27.7 Å². The molecule has 0 saturated heterocycles. The van der Waals surface area contributed by atoms with Crippen molar-refractivity contribution in [3.8, 4) is 0 Å². The lowest BCUT2D eigenvalue weighted by molar-refractivity contribution is -0.124. The van der Waals surface area contributed by atoms with Crippen molar-refractivity contribution in [1.29, 1.82) is 0 Å². The maximum Gasteiger partial charge on any atom is 0.312 e. The number of urea groups is 1. The van der Waals surface area contributed by atoms with Gasteiger partial charge in [-0.25, -0.2) is 4.79 Å². The van der Waals surface area contributed by atoms with Crippen molar-refractivity contribution in [1.82, 2.24) is 10.6 Å². The molecule has 1 aliphatic carbocycles. The lowest BCUT2D eigenvalue weighted by Crippen LogP contribution is -2.53. The summed E-state index contributed by atoms with van der Waals surface area (Å²) in [5.41, 5.74) is 5.38. The predicted octanol–water partition coefficient (Wildman–Crippen LogP) is 1.37. The highest BCUT2D eigenvalue weighted by Gasteiger charge is 2.33. The van der Waals surface area contributed by atoms with E-state index >= 15 is 0 Å². The Bertz CT molecular complexity index is 326. The Hall–Kier alpha value is -1.26. The molecular weight excluding hydrogens is 230 g/mol. The van der Waals surface area contributed by atoms with Gasteiger partial charge in [0.15, 0.2) is 0 Å². The highest BCUT2D eigenvalue weighted by atomic mass is 16.2. The van der Waals surface area contributed by atoms with E-state index in [1.165, 1.54) is 0 Å². The maximum atomic E-state index is 12.1. The first kappa shape index (κ1) is 14.8. The lowest BCUT2D eigenvalue weighted by Gasteiger charge is -2.24. The Labute approximate surface area is 109 Å². The van der Waals surface area contributed by atoms with Crippen LogP contribution in [-0.4, -0.2) is 24.0 Å². The minimum atomic E-state index is -0.657. The van der Waals surface area contributed by atoms with Crippen molar-refractivity contribution in [3.05, 3.63) is 0 Å². The van der Waals surface area contributed by atoms with Crippen molar-refractivity contribution >= 4 is 11.9 Å². The summed E-state index contributed by atoms with van der Waals surface area (Å²) >= 11 is 0. The van der Waals surface area contributed by atoms with Gasteiger partial charge >= 0.3 is 6.03 Å². The molecule has 0 aliphatic heterocycles. The van der Waals surface area contributed by atoms with Gasteiger partial charge in [0.25, 0.3) is 0 Å². The number of carbonyl (C=O) groups excluding carboxylic acids is 2. The molecule has 5 heteroatoms. The second-order valence-corrected chi connectivity index (χ2v) is 6.34. The largest absolute Gasteiger partial charge is 0.352 e. The van der Waals surface area contributed by atoms with Crippen LogP contribution in [0.1, 0.15) is 47.0 Å². The standard InChI is InChI=1S/C13H25N3O2/c1-8(2)10(16-12(14)18)11(17)15-9-5-6-13(3,4)7-9/h8-10H,5-7H2,1-4H3,(H,15,17)(H3,14,16,18). The van der Waals surface area contributed by atoms with E-state index in [9.17, 15) is 9.59 Å². The van der Waals surface area contributed by atoms with Gasteiger partial charge in [0.2, 0.25) is 5.91 Å². The molecular formula is C13H25N3O2. The van der Waals surface area contributed by atoms with Crippen LogP contribution in [-0.2, 0) is 4.79 Å². The first-order valence-corrected chi connectivity index (χ1v) is 6.57. The van der Waals surface area contributed by atoms with Gasteiger partial charge < -0.3 is 16.4 Å². The van der Waals surface area contributed by atoms with Crippen molar-refractivity contribution in [2.75, 3.05) is 0 Å². The molecule has 2 atom stereocenters. The third-order valence-electron chi connectivity index (χ3n) is 3.56. The van der Waals surface area contributed by atoms with Crippen molar-refractivity contribution in [2.45, 2.75) is 59.0 Å². The Kier molecular flexibility index (Phi) is 4.59. The molecule has 0 aromatic heterocycles. The molecule has 2 unspecified atom stereocenters. The molecule has 0 radical (unpaired) electrons. The lowest BCUT2D eigenvalue weighted by atomic mass is 9.92. The van der Waals surface area contributed by atoms with Crippen LogP contribution in [0.5, 0.6) is 0 Å². The zero-order chi connectivity index (χ0) is 13.9. The number of nitrogens with two attached hydrogens (primary N) is 1. The number of carbonyl (C=O) groups is 2. The summed E-state index contributed by atoms with van der Waals surface area (Å²) in [4.78, 5) is 23.0. The summed E-state index contributed by atoms with van der Waals surface area (Å²) in [7, 11) is 0. The minimum absolute atomic E-state index is 0.0203. The number of hydrogen-bond donors (Lipinski definition) is 3. The van der Waals surface area contributed by atoms with Gasteiger partial charge in [0.05, 0.1) is 0 Å². The Morgan fingerprint density at radius 2 is 1.94 bits per heavy atom. The smallest absolute Gasteiger partial charge is 0.312 e. The molecule has 1 rings (SSSR count). The third kappa shape index (κ3) is 4.20. The zero-order valence-electron chi connectivity index (χ0n) is 11.7. The minimum Gasteiger partial charge on any atom is -0.352 e. The number of rotatable bonds is 4. The molecule has 1 saturated carbocycles. The maximum absolute atomic E-state index is 12.1. The van der Waals surface area contributed by atoms with E-state index in [1.54, 1.807) is 0 Å². The van der Waals surface area contributed by atoms with E-state index in [-0.39, 0.29) is 17.9 Å². The molecule has 1 aliphatic rings. The molecule has 0 bridgehead atoms. The number of primary amides is 1. The summed E-state index contributed by atoms with van der Waals surface area (Å²) in [6, 6.07) is -0.995. The summed E-state index contributed by atoms with van der Waals surface area (Å²) in [6.07, 6.45) is 3.10. The summed E-state index contributed by atoms with van der Waals surface area (Å²) in [5, 5.41) is 5.51. The third-order valence-corrected chi connectivity index (χ3v) is 3.56. The zero-order valence-corrected chi connectivity index (χ0v) is 11.7. The monoisotopic (exact) mass is 255 g/mol. The number of nitrogens with one attached hydrogen (secondary N) is 2. The number of hydrogen-bond acceptors (Lipinski definition) is 2. The molecule has 0 aromatic carbocycles. The van der Waals surface area contributed by atoms with Crippen molar-refractivity contribution in [3.63, 3.8) is 0 Å². The van der Waals surface area contributed by atoms with Crippen LogP contribution in [0.4, 0.5) is 4.79 Å². The summed E-state index contributed by atoms with van der Waals surface area (Å²) in [5.74, 6) is -0.113. The van der Waals surface area contributed by atoms with Crippen LogP contribution in [0.3, 0.4) is 0 Å². The molecule has 104 valence electrons. The van der Waals surface area contributed by atoms with Gasteiger partial charge in [-0.05, 0) is 30.6 Å². The SMILES string of the molecule is CC(C)C(NC(N)=O)C(=O)NC1CCC(C)(C)C1. The Balaban J connectivity index is 2.54. The quantitative estimate of drug-likeness (QED) is 0.709. The van der Waals surface area contributed by atoms with Crippen LogP contribution in [0.2, 0.25) is 0 Å². The highest BCUT2D eigenvalue weighted by Crippen LogP contribution is 2.36. The Morgan fingerprint density at radius 1 is 1.33 bits per heavy atom. The fraction of sp³-hybridized carbons (Fsp3) is 0.846. The summed E-state index contributed by atoms with van der Waals surface area (Å²) < 4.78 is 0. The predicted molar refractivity (Wildman–Crippen MR) is 70.9 cm³/mol. The highest BCUT2D eigenvalue weighted by molar-refractivity contribution is 5.86. The topological polar surface area (TPSA) is 84.2 Å². The molecule has 5 nitrogen and oxygen atoms in total. The molecule has 18 heavy (non-hydrogen) atoms. The first-order valence-electron chi connectivity index (χ1n) is 6.57. The molecule has 0 spiro atoms. The number of amides is 3. The van der Waals surface area contributed by atoms with Gasteiger partial charge in [-0.15, -0.1) is 0 Å². The van der Waals surface area contributed by atoms with E-state index in [0.717, 1.165) is 19.3 Å². The molecule has 0 aromatic rings. The second-order valence-electron chi connectivity index (χ2n) is 6.34. The normalized spacial score (nSPS) is 23.7. The van der Waals surface area contributed by atoms with Gasteiger partial charge in [0, 0.05) is 6.04 Å². The van der Waals surface area contributed by atoms with Crippen LogP contribution < -0.4 is 16.4 Å².